The molecule has 1 heterocycles. The lowest BCUT2D eigenvalue weighted by Gasteiger charge is -2.08. The number of nitrogens with zero attached hydrogens (tertiary/aromatic N) is 2. The molecule has 3 rings (SSSR count). The van der Waals surface area contributed by atoms with E-state index in [2.05, 4.69) is 10.3 Å². The van der Waals surface area contributed by atoms with Crippen molar-refractivity contribution in [2.45, 2.75) is 31.8 Å². The van der Waals surface area contributed by atoms with Gasteiger partial charge in [0.2, 0.25) is 5.91 Å². The minimum Gasteiger partial charge on any atom is -0.364 e. The quantitative estimate of drug-likeness (QED) is 0.845. The number of imidazole rings is 1. The molecule has 23 heavy (non-hydrogen) atoms. The summed E-state index contributed by atoms with van der Waals surface area (Å²) in [7, 11) is 0. The maximum Gasteiger partial charge on any atom is 0.268 e. The number of benzene rings is 1. The maximum atomic E-state index is 12.1. The number of aromatic nitrogens is 2. The summed E-state index contributed by atoms with van der Waals surface area (Å²) in [6.07, 6.45) is 3.61. The van der Waals surface area contributed by atoms with E-state index in [0.29, 0.717) is 17.5 Å². The van der Waals surface area contributed by atoms with Crippen LogP contribution in [0.1, 0.15) is 40.6 Å². The summed E-state index contributed by atoms with van der Waals surface area (Å²) in [5.41, 5.74) is 6.44. The predicted octanol–water partition coefficient (Wildman–Crippen LogP) is 1.83. The van der Waals surface area contributed by atoms with Crippen molar-refractivity contribution in [3.63, 3.8) is 0 Å². The number of halogens is 1. The largest absolute Gasteiger partial charge is 0.364 e. The minimum absolute atomic E-state index is 0.125. The number of rotatable bonds is 6. The molecule has 2 aromatic rings. The fraction of sp³-hybridized carbons (Fsp3) is 0.312. The molecular formula is C16H17ClN4O2. The van der Waals surface area contributed by atoms with Gasteiger partial charge in [0.1, 0.15) is 18.1 Å². The summed E-state index contributed by atoms with van der Waals surface area (Å²) in [4.78, 5) is 27.6. The Morgan fingerprint density at radius 3 is 2.61 bits per heavy atom. The van der Waals surface area contributed by atoms with Crippen LogP contribution in [0.5, 0.6) is 0 Å². The summed E-state index contributed by atoms with van der Waals surface area (Å²) >= 11 is 5.83. The second-order valence-electron chi connectivity index (χ2n) is 5.65. The maximum absolute atomic E-state index is 12.1. The first-order valence-corrected chi connectivity index (χ1v) is 7.78. The smallest absolute Gasteiger partial charge is 0.268 e. The molecule has 1 aromatic carbocycles. The molecule has 1 saturated carbocycles. The SMILES string of the molecule is NC(=O)c1cn(CC(=O)NCc2ccc(Cl)cc2)c(C2CC2)n1. The Morgan fingerprint density at radius 1 is 1.30 bits per heavy atom. The van der Waals surface area contributed by atoms with Crippen LogP contribution in [-0.2, 0) is 17.9 Å². The third kappa shape index (κ3) is 3.90. The molecule has 1 aromatic heterocycles. The van der Waals surface area contributed by atoms with E-state index >= 15 is 0 Å². The van der Waals surface area contributed by atoms with Crippen molar-refractivity contribution in [3.05, 3.63) is 52.6 Å². The molecule has 3 N–H and O–H groups in total. The van der Waals surface area contributed by atoms with E-state index < -0.39 is 5.91 Å². The van der Waals surface area contributed by atoms with Crippen molar-refractivity contribution in [2.24, 2.45) is 5.73 Å². The van der Waals surface area contributed by atoms with E-state index in [-0.39, 0.29) is 18.1 Å². The van der Waals surface area contributed by atoms with E-state index in [4.69, 9.17) is 17.3 Å². The van der Waals surface area contributed by atoms with Crippen LogP contribution in [0.4, 0.5) is 0 Å². The van der Waals surface area contributed by atoms with E-state index in [1.807, 2.05) is 12.1 Å². The van der Waals surface area contributed by atoms with Crippen molar-refractivity contribution in [3.8, 4) is 0 Å². The zero-order chi connectivity index (χ0) is 16.4. The zero-order valence-electron chi connectivity index (χ0n) is 12.5. The van der Waals surface area contributed by atoms with Crippen LogP contribution >= 0.6 is 11.6 Å². The number of nitrogens with one attached hydrogen (secondary N) is 1. The van der Waals surface area contributed by atoms with Gasteiger partial charge < -0.3 is 15.6 Å². The van der Waals surface area contributed by atoms with Crippen molar-refractivity contribution >= 4 is 23.4 Å². The van der Waals surface area contributed by atoms with Gasteiger partial charge in [0.25, 0.3) is 5.91 Å². The van der Waals surface area contributed by atoms with Crippen molar-refractivity contribution < 1.29 is 9.59 Å². The van der Waals surface area contributed by atoms with Gasteiger partial charge in [0.05, 0.1) is 0 Å². The highest BCUT2D eigenvalue weighted by molar-refractivity contribution is 6.30. The second kappa shape index (κ2) is 6.42. The lowest BCUT2D eigenvalue weighted by atomic mass is 10.2. The highest BCUT2D eigenvalue weighted by Crippen LogP contribution is 2.39. The fourth-order valence-corrected chi connectivity index (χ4v) is 2.48. The molecule has 0 atom stereocenters. The summed E-state index contributed by atoms with van der Waals surface area (Å²) in [6.45, 7) is 0.547. The Hall–Kier alpha value is -2.34. The first-order chi connectivity index (χ1) is 11.0. The second-order valence-corrected chi connectivity index (χ2v) is 6.09. The lowest BCUT2D eigenvalue weighted by Crippen LogP contribution is -2.27. The highest BCUT2D eigenvalue weighted by atomic mass is 35.5. The van der Waals surface area contributed by atoms with Crippen LogP contribution in [0.2, 0.25) is 5.02 Å². The third-order valence-electron chi connectivity index (χ3n) is 3.72. The van der Waals surface area contributed by atoms with Gasteiger partial charge in [-0.3, -0.25) is 9.59 Å². The third-order valence-corrected chi connectivity index (χ3v) is 3.97. The van der Waals surface area contributed by atoms with Crippen LogP contribution in [-0.4, -0.2) is 21.4 Å². The Labute approximate surface area is 138 Å². The van der Waals surface area contributed by atoms with Crippen LogP contribution in [0, 0.1) is 0 Å². The Morgan fingerprint density at radius 2 is 2.00 bits per heavy atom. The molecule has 0 bridgehead atoms. The van der Waals surface area contributed by atoms with E-state index in [1.54, 1.807) is 22.9 Å². The van der Waals surface area contributed by atoms with Gasteiger partial charge in [-0.25, -0.2) is 4.98 Å². The average Bonchev–Trinajstić information content (AvgIpc) is 3.27. The van der Waals surface area contributed by atoms with Crippen LogP contribution in [0.3, 0.4) is 0 Å². The molecule has 7 heteroatoms. The Balaban J connectivity index is 1.63. The van der Waals surface area contributed by atoms with Gasteiger partial charge >= 0.3 is 0 Å². The first kappa shape index (κ1) is 15.6. The van der Waals surface area contributed by atoms with Gasteiger partial charge in [0, 0.05) is 23.7 Å². The van der Waals surface area contributed by atoms with Gasteiger partial charge in [-0.05, 0) is 30.5 Å². The topological polar surface area (TPSA) is 90.0 Å². The molecule has 6 nitrogen and oxygen atoms in total. The Kier molecular flexibility index (Phi) is 4.34. The first-order valence-electron chi connectivity index (χ1n) is 7.41. The minimum atomic E-state index is -0.577. The summed E-state index contributed by atoms with van der Waals surface area (Å²) in [5, 5.41) is 3.50. The summed E-state index contributed by atoms with van der Waals surface area (Å²) in [5.74, 6) is 0.370. The number of amides is 2. The highest BCUT2D eigenvalue weighted by Gasteiger charge is 2.30. The summed E-state index contributed by atoms with van der Waals surface area (Å²) < 4.78 is 1.72. The average molecular weight is 333 g/mol. The van der Waals surface area contributed by atoms with Gasteiger partial charge in [-0.1, -0.05) is 23.7 Å². The molecule has 2 amide bonds. The molecular weight excluding hydrogens is 316 g/mol. The van der Waals surface area contributed by atoms with Crippen molar-refractivity contribution in [2.75, 3.05) is 0 Å². The monoisotopic (exact) mass is 332 g/mol. The lowest BCUT2D eigenvalue weighted by molar-refractivity contribution is -0.121. The van der Waals surface area contributed by atoms with E-state index in [1.165, 1.54) is 0 Å². The molecule has 0 aliphatic heterocycles. The van der Waals surface area contributed by atoms with Crippen LogP contribution < -0.4 is 11.1 Å². The number of primary amides is 1. The van der Waals surface area contributed by atoms with E-state index in [9.17, 15) is 9.59 Å². The van der Waals surface area contributed by atoms with Gasteiger partial charge in [-0.15, -0.1) is 0 Å². The Bertz CT molecular complexity index is 735. The molecule has 1 fully saturated rings. The number of nitrogens with two attached hydrogens (primary N) is 1. The normalized spacial score (nSPS) is 13.8. The van der Waals surface area contributed by atoms with Crippen molar-refractivity contribution in [1.82, 2.24) is 14.9 Å². The van der Waals surface area contributed by atoms with Gasteiger partial charge in [-0.2, -0.15) is 0 Å². The number of carbonyl (C=O) groups is 2. The fourth-order valence-electron chi connectivity index (χ4n) is 2.36. The standard InChI is InChI=1S/C16H17ClN4O2/c17-12-5-1-10(2-6-12)7-19-14(22)9-21-8-13(15(18)23)20-16(21)11-3-4-11/h1-2,5-6,8,11H,3-4,7,9H2,(H2,18,23)(H,19,22). The van der Waals surface area contributed by atoms with E-state index in [0.717, 1.165) is 24.2 Å². The van der Waals surface area contributed by atoms with Crippen molar-refractivity contribution in [1.29, 1.82) is 0 Å². The molecule has 0 radical (unpaired) electrons. The molecule has 0 spiro atoms. The molecule has 1 aliphatic rings. The van der Waals surface area contributed by atoms with Crippen LogP contribution in [0.15, 0.2) is 30.5 Å². The van der Waals surface area contributed by atoms with Gasteiger partial charge in [0.15, 0.2) is 0 Å². The predicted molar refractivity (Wildman–Crippen MR) is 86.0 cm³/mol. The number of hydrogen-bond donors (Lipinski definition) is 2. The number of carbonyl (C=O) groups excluding carboxylic acids is 2. The van der Waals surface area contributed by atoms with Crippen LogP contribution in [0.25, 0.3) is 0 Å². The molecule has 1 aliphatic carbocycles. The number of hydrogen-bond acceptors (Lipinski definition) is 3. The summed E-state index contributed by atoms with van der Waals surface area (Å²) in [6, 6.07) is 7.29. The molecule has 0 saturated heterocycles. The zero-order valence-corrected chi connectivity index (χ0v) is 13.2. The molecule has 120 valence electrons. The molecule has 0 unspecified atom stereocenters.